The van der Waals surface area contributed by atoms with Gasteiger partial charge in [0.1, 0.15) is 11.6 Å². The van der Waals surface area contributed by atoms with Crippen molar-refractivity contribution in [3.05, 3.63) is 0 Å². The molecule has 0 unspecified atom stereocenters. The van der Waals surface area contributed by atoms with Gasteiger partial charge < -0.3 is 9.84 Å². The zero-order valence-corrected chi connectivity index (χ0v) is 10.9. The maximum atomic E-state index is 11.9. The third-order valence-electron chi connectivity index (χ3n) is 2.93. The smallest absolute Gasteiger partial charge is 0.411 e. The first-order valence-electron chi connectivity index (χ1n) is 5.98. The monoisotopic (exact) mass is 243 g/mol. The van der Waals surface area contributed by atoms with Gasteiger partial charge in [0, 0.05) is 6.54 Å². The molecular formula is C12H21NO4. The van der Waals surface area contributed by atoms with Crippen LogP contribution in [0.15, 0.2) is 0 Å². The van der Waals surface area contributed by atoms with Gasteiger partial charge in [0.2, 0.25) is 0 Å². The Labute approximate surface area is 102 Å². The minimum absolute atomic E-state index is 0.0278. The van der Waals surface area contributed by atoms with Crippen molar-refractivity contribution in [1.29, 1.82) is 0 Å². The van der Waals surface area contributed by atoms with E-state index in [1.807, 2.05) is 6.92 Å². The molecule has 0 aromatic heterocycles. The number of ether oxygens (including phenoxy) is 1. The van der Waals surface area contributed by atoms with Gasteiger partial charge in [-0.25, -0.2) is 9.59 Å². The Hall–Kier alpha value is -1.26. The van der Waals surface area contributed by atoms with Gasteiger partial charge in [0.05, 0.1) is 0 Å². The van der Waals surface area contributed by atoms with Crippen LogP contribution in [-0.4, -0.2) is 40.3 Å². The molecule has 2 atom stereocenters. The van der Waals surface area contributed by atoms with Crippen molar-refractivity contribution in [3.8, 4) is 0 Å². The predicted octanol–water partition coefficient (Wildman–Crippen LogP) is 2.11. The van der Waals surface area contributed by atoms with E-state index in [4.69, 9.17) is 4.74 Å². The lowest BCUT2D eigenvalue weighted by Crippen LogP contribution is -2.45. The third kappa shape index (κ3) is 3.35. The molecule has 1 rings (SSSR count). The lowest BCUT2D eigenvalue weighted by Gasteiger charge is -2.28. The summed E-state index contributed by atoms with van der Waals surface area (Å²) in [6, 6.07) is -0.741. The van der Waals surface area contributed by atoms with Gasteiger partial charge in [-0.15, -0.1) is 0 Å². The van der Waals surface area contributed by atoms with E-state index in [9.17, 15) is 14.7 Å². The number of rotatable bonds is 2. The predicted molar refractivity (Wildman–Crippen MR) is 62.8 cm³/mol. The zero-order chi connectivity index (χ0) is 13.2. The highest BCUT2D eigenvalue weighted by Gasteiger charge is 2.42. The molecule has 0 radical (unpaired) electrons. The van der Waals surface area contributed by atoms with Crippen LogP contribution in [0.25, 0.3) is 0 Å². The molecule has 98 valence electrons. The summed E-state index contributed by atoms with van der Waals surface area (Å²) in [6.07, 6.45) is 0.962. The number of aliphatic carboxylic acids is 1. The Kier molecular flexibility index (Phi) is 4.01. The topological polar surface area (TPSA) is 66.8 Å². The van der Waals surface area contributed by atoms with E-state index in [1.54, 1.807) is 20.8 Å². The van der Waals surface area contributed by atoms with Gasteiger partial charge in [-0.05, 0) is 33.1 Å². The van der Waals surface area contributed by atoms with Gasteiger partial charge in [0.15, 0.2) is 0 Å². The third-order valence-corrected chi connectivity index (χ3v) is 2.93. The molecule has 5 nitrogen and oxygen atoms in total. The number of hydrogen-bond acceptors (Lipinski definition) is 3. The second kappa shape index (κ2) is 4.94. The fourth-order valence-electron chi connectivity index (χ4n) is 2.14. The quantitative estimate of drug-likeness (QED) is 0.806. The van der Waals surface area contributed by atoms with E-state index in [0.717, 1.165) is 12.8 Å². The summed E-state index contributed by atoms with van der Waals surface area (Å²) in [7, 11) is 0. The van der Waals surface area contributed by atoms with Crippen LogP contribution in [0.4, 0.5) is 4.79 Å². The van der Waals surface area contributed by atoms with Gasteiger partial charge in [0.25, 0.3) is 0 Å². The number of carbonyl (C=O) groups excluding carboxylic acids is 1. The second-order valence-corrected chi connectivity index (χ2v) is 5.41. The van der Waals surface area contributed by atoms with Gasteiger partial charge in [-0.3, -0.25) is 4.90 Å². The van der Waals surface area contributed by atoms with E-state index in [2.05, 4.69) is 0 Å². The van der Waals surface area contributed by atoms with Crippen LogP contribution in [0.2, 0.25) is 0 Å². The first-order chi connectivity index (χ1) is 7.76. The first-order valence-corrected chi connectivity index (χ1v) is 5.98. The summed E-state index contributed by atoms with van der Waals surface area (Å²) < 4.78 is 5.22. The Morgan fingerprint density at radius 3 is 2.41 bits per heavy atom. The Morgan fingerprint density at radius 1 is 1.41 bits per heavy atom. The zero-order valence-electron chi connectivity index (χ0n) is 10.9. The molecule has 1 heterocycles. The van der Waals surface area contributed by atoms with Crippen LogP contribution >= 0.6 is 0 Å². The number of amides is 1. The van der Waals surface area contributed by atoms with Crippen molar-refractivity contribution in [1.82, 2.24) is 4.90 Å². The molecule has 1 N–H and O–H groups in total. The molecule has 0 spiro atoms. The molecule has 5 heteroatoms. The largest absolute Gasteiger partial charge is 0.480 e. The fourth-order valence-corrected chi connectivity index (χ4v) is 2.14. The normalized spacial score (nSPS) is 24.8. The van der Waals surface area contributed by atoms with Crippen LogP contribution in [-0.2, 0) is 9.53 Å². The van der Waals surface area contributed by atoms with Crippen LogP contribution in [0.3, 0.4) is 0 Å². The summed E-state index contributed by atoms with van der Waals surface area (Å²) in [5, 5.41) is 9.18. The molecule has 0 aromatic carbocycles. The van der Waals surface area contributed by atoms with Crippen molar-refractivity contribution >= 4 is 12.1 Å². The number of likely N-dealkylation sites (tertiary alicyclic amines) is 1. The maximum absolute atomic E-state index is 11.9. The summed E-state index contributed by atoms with van der Waals surface area (Å²) in [5.41, 5.74) is -0.593. The molecule has 1 amide bonds. The lowest BCUT2D eigenvalue weighted by atomic mass is 9.98. The Morgan fingerprint density at radius 2 is 2.00 bits per heavy atom. The number of carboxylic acids is 1. The Balaban J connectivity index is 2.76. The lowest BCUT2D eigenvalue weighted by molar-refractivity contribution is -0.143. The highest BCUT2D eigenvalue weighted by atomic mass is 16.6. The van der Waals surface area contributed by atoms with Gasteiger partial charge >= 0.3 is 12.1 Å². The van der Waals surface area contributed by atoms with E-state index in [-0.39, 0.29) is 5.92 Å². The van der Waals surface area contributed by atoms with Crippen molar-refractivity contribution in [2.45, 2.75) is 52.2 Å². The molecular weight excluding hydrogens is 222 g/mol. The second-order valence-electron chi connectivity index (χ2n) is 5.41. The van der Waals surface area contributed by atoms with Crippen LogP contribution in [0, 0.1) is 5.92 Å². The Bertz CT molecular complexity index is 308. The minimum atomic E-state index is -0.944. The van der Waals surface area contributed by atoms with Crippen molar-refractivity contribution in [2.24, 2.45) is 5.92 Å². The standard InChI is InChI=1S/C12H21NO4/c1-5-8-6-7-13(9(8)10(14)15)11(16)17-12(2,3)4/h8-9H,5-7H2,1-4H3,(H,14,15)/t8-,9-/m0/s1. The average molecular weight is 243 g/mol. The van der Waals surface area contributed by atoms with Crippen LogP contribution in [0.1, 0.15) is 40.5 Å². The van der Waals surface area contributed by atoms with Gasteiger partial charge in [-0.1, -0.05) is 13.3 Å². The molecule has 0 aromatic rings. The van der Waals surface area contributed by atoms with E-state index >= 15 is 0 Å². The molecule has 1 aliphatic heterocycles. The summed E-state index contributed by atoms with van der Waals surface area (Å²) in [4.78, 5) is 24.4. The van der Waals surface area contributed by atoms with E-state index in [1.165, 1.54) is 4.90 Å². The van der Waals surface area contributed by atoms with Crippen LogP contribution in [0.5, 0.6) is 0 Å². The molecule has 1 fully saturated rings. The molecule has 1 saturated heterocycles. The first kappa shape index (κ1) is 13.8. The average Bonchev–Trinajstić information content (AvgIpc) is 2.57. The van der Waals surface area contributed by atoms with E-state index in [0.29, 0.717) is 6.54 Å². The van der Waals surface area contributed by atoms with Crippen LogP contribution < -0.4 is 0 Å². The number of nitrogens with zero attached hydrogens (tertiary/aromatic N) is 1. The summed E-state index contributed by atoms with van der Waals surface area (Å²) in [6.45, 7) is 7.72. The molecule has 1 aliphatic rings. The number of carbonyl (C=O) groups is 2. The molecule has 0 aliphatic carbocycles. The molecule has 17 heavy (non-hydrogen) atoms. The number of hydrogen-bond donors (Lipinski definition) is 1. The fraction of sp³-hybridized carbons (Fsp3) is 0.833. The van der Waals surface area contributed by atoms with Gasteiger partial charge in [-0.2, -0.15) is 0 Å². The number of carboxylic acid groups (broad SMARTS) is 1. The molecule has 0 saturated carbocycles. The van der Waals surface area contributed by atoms with E-state index < -0.39 is 23.7 Å². The molecule has 0 bridgehead atoms. The SMILES string of the molecule is CC[C@H]1CCN(C(=O)OC(C)(C)C)[C@@H]1C(=O)O. The summed E-state index contributed by atoms with van der Waals surface area (Å²) >= 11 is 0. The maximum Gasteiger partial charge on any atom is 0.411 e. The summed E-state index contributed by atoms with van der Waals surface area (Å²) in [5.74, 6) is -0.916. The van der Waals surface area contributed by atoms with Crippen molar-refractivity contribution < 1.29 is 19.4 Å². The van der Waals surface area contributed by atoms with Crippen molar-refractivity contribution in [3.63, 3.8) is 0 Å². The van der Waals surface area contributed by atoms with Crippen molar-refractivity contribution in [2.75, 3.05) is 6.54 Å². The highest BCUT2D eigenvalue weighted by Crippen LogP contribution is 2.28. The highest BCUT2D eigenvalue weighted by molar-refractivity contribution is 5.81. The minimum Gasteiger partial charge on any atom is -0.480 e.